The molecule has 54 heavy (non-hydrogen) atoms. The van der Waals surface area contributed by atoms with Crippen LogP contribution in [0.5, 0.6) is 0 Å². The fraction of sp³-hybridized carbons (Fsp3) is 0.176. The highest BCUT2D eigenvalue weighted by molar-refractivity contribution is 6.72. The Hall–Kier alpha value is -4.20. The first-order valence-electron chi connectivity index (χ1n) is 16.6. The molecule has 7 nitrogen and oxygen atoms in total. The average molecular weight is 663 g/mol. The first kappa shape index (κ1) is 36.8. The Morgan fingerprint density at radius 1 is 0.463 bits per heavy atom. The van der Waals surface area contributed by atoms with E-state index in [9.17, 15) is 0 Å². The third-order valence-electron chi connectivity index (χ3n) is 11.3. The molecule has 0 spiro atoms. The number of anilines is 2. The number of nitrogens with zero attached hydrogens (tertiary/aromatic N) is 7. The maximum atomic E-state index is 6.76. The Balaban J connectivity index is 1.59. The van der Waals surface area contributed by atoms with Crippen molar-refractivity contribution in [3.05, 3.63) is 24.3 Å². The van der Waals surface area contributed by atoms with E-state index in [0.29, 0.717) is 5.95 Å². The van der Waals surface area contributed by atoms with Gasteiger partial charge in [0.2, 0.25) is 17.8 Å². The second kappa shape index (κ2) is 11.9. The number of hydrogen-bond acceptors (Lipinski definition) is 5. The van der Waals surface area contributed by atoms with Crippen LogP contribution in [0.25, 0.3) is 50.2 Å². The summed E-state index contributed by atoms with van der Waals surface area (Å²) >= 11 is 0. The fourth-order valence-electron chi connectivity index (χ4n) is 7.52. The Bertz CT molecular complexity index is 2740. The van der Waals surface area contributed by atoms with Gasteiger partial charge in [0.05, 0.1) is 22.1 Å². The number of fused-ring (bicyclic) bond motifs is 6. The molecule has 8 rings (SSSR count). The van der Waals surface area contributed by atoms with Gasteiger partial charge in [-0.15, -0.1) is 38.2 Å². The van der Waals surface area contributed by atoms with Crippen molar-refractivity contribution in [2.45, 2.75) is 38.8 Å². The van der Waals surface area contributed by atoms with Crippen molar-refractivity contribution < 1.29 is 0 Å². The van der Waals surface area contributed by atoms with E-state index in [2.05, 4.69) is 18.4 Å². The second-order valence-electron chi connectivity index (χ2n) is 14.5. The van der Waals surface area contributed by atoms with Crippen LogP contribution >= 0.6 is 0 Å². The number of rotatable bonds is 3. The van der Waals surface area contributed by atoms with Gasteiger partial charge in [-0.25, -0.2) is 4.98 Å². The Labute approximate surface area is 330 Å². The van der Waals surface area contributed by atoms with E-state index in [-0.39, 0.29) is 116 Å². The van der Waals surface area contributed by atoms with Gasteiger partial charge in [0.15, 0.2) is 5.82 Å². The normalized spacial score (nSPS) is 14.8. The molecule has 4 heterocycles. The highest BCUT2D eigenvalue weighted by Gasteiger charge is 2.54. The molecule has 0 amide bonds. The second-order valence-corrected chi connectivity index (χ2v) is 14.5. The molecule has 20 heteroatoms. The van der Waals surface area contributed by atoms with E-state index < -0.39 is 11.1 Å². The van der Waals surface area contributed by atoms with Crippen LogP contribution in [0, 0.1) is 0 Å². The maximum Gasteiger partial charge on any atom is 0.240 e. The van der Waals surface area contributed by atoms with Gasteiger partial charge in [-0.1, -0.05) is 44.9 Å². The minimum Gasteiger partial charge on any atom is -0.302 e. The van der Waals surface area contributed by atoms with Gasteiger partial charge >= 0.3 is 0 Å². The molecule has 1 aliphatic rings. The average Bonchev–Trinajstić information content (AvgIpc) is 3.74. The van der Waals surface area contributed by atoms with Crippen molar-refractivity contribution in [3.63, 3.8) is 0 Å². The van der Waals surface area contributed by atoms with Crippen LogP contribution in [0.15, 0.2) is 24.3 Å². The summed E-state index contributed by atoms with van der Waals surface area (Å²) in [5, 5.41) is 0.580. The van der Waals surface area contributed by atoms with E-state index in [1.165, 1.54) is 4.57 Å². The number of hydrogen-bond donors (Lipinski definition) is 0. The lowest BCUT2D eigenvalue weighted by Crippen LogP contribution is -2.55. The van der Waals surface area contributed by atoms with Crippen molar-refractivity contribution in [1.29, 1.82) is 0 Å². The molecule has 0 saturated heterocycles. The molecule has 0 atom stereocenters. The quantitative estimate of drug-likeness (QED) is 0.176. The van der Waals surface area contributed by atoms with E-state index in [1.807, 2.05) is 43.0 Å². The molecule has 4 aromatic carbocycles. The monoisotopic (exact) mass is 665 g/mol. The molecule has 0 bridgehead atoms. The molecule has 3 aromatic heterocycles. The lowest BCUT2D eigenvalue weighted by atomic mass is 9.60. The molecule has 0 aliphatic carbocycles. The van der Waals surface area contributed by atoms with Crippen molar-refractivity contribution in [1.82, 2.24) is 29.1 Å². The van der Waals surface area contributed by atoms with Crippen LogP contribution in [0.1, 0.15) is 27.7 Å². The first-order chi connectivity index (χ1) is 25.2. The fourth-order valence-corrected chi connectivity index (χ4v) is 7.52. The van der Waals surface area contributed by atoms with Crippen molar-refractivity contribution in [3.8, 4) is 17.3 Å². The van der Waals surface area contributed by atoms with Gasteiger partial charge in [0.1, 0.15) is 102 Å². The van der Waals surface area contributed by atoms with Crippen LogP contribution in [-0.2, 0) is 5.54 Å². The molecule has 0 fully saturated rings. The number of aromatic nitrogens is 6. The Kier molecular flexibility index (Phi) is 8.10. The molecule has 1 aliphatic heterocycles. The van der Waals surface area contributed by atoms with Gasteiger partial charge in [-0.05, 0) is 50.6 Å². The van der Waals surface area contributed by atoms with Crippen LogP contribution < -0.4 is 75.9 Å². The van der Waals surface area contributed by atoms with Crippen molar-refractivity contribution >= 4 is 218 Å². The standard InChI is InChI=1S/C34H16B13N7/c1-33(2)34(3,4)54(32-48-9-7-5-6-8-10(9)53(32)33)31-50-29(13-16(37)20(41)22(43)21(42)17(13)38)49-30(51-31)52-27-11(14(35)18(39)23(44)25(27)46)12-15(36)19(40)24(45)26(47)28(12)52/h5-8H,1-4H3. The first-order valence-corrected chi connectivity index (χ1v) is 16.6. The van der Waals surface area contributed by atoms with Gasteiger partial charge in [0, 0.05) is 16.6 Å². The number of benzene rings is 4. The van der Waals surface area contributed by atoms with E-state index in [4.69, 9.17) is 122 Å². The largest absolute Gasteiger partial charge is 0.302 e. The molecule has 7 aromatic rings. The van der Waals surface area contributed by atoms with Crippen LogP contribution in [0.4, 0.5) is 11.9 Å². The Morgan fingerprint density at radius 2 is 0.907 bits per heavy atom. The van der Waals surface area contributed by atoms with Crippen LogP contribution in [-0.4, -0.2) is 137 Å². The number of imidazole rings is 1. The summed E-state index contributed by atoms with van der Waals surface area (Å²) in [6, 6.07) is 7.80. The molecule has 0 N–H and O–H groups in total. The van der Waals surface area contributed by atoms with Gasteiger partial charge in [0.25, 0.3) is 0 Å². The molecule has 26 radical (unpaired) electrons. The van der Waals surface area contributed by atoms with Crippen molar-refractivity contribution in [2.24, 2.45) is 0 Å². The third-order valence-corrected chi connectivity index (χ3v) is 11.3. The molecule has 226 valence electrons. The Morgan fingerprint density at radius 3 is 1.44 bits per heavy atom. The van der Waals surface area contributed by atoms with E-state index >= 15 is 0 Å². The lowest BCUT2D eigenvalue weighted by Gasteiger charge is -2.40. The summed E-state index contributed by atoms with van der Waals surface area (Å²) in [5.74, 6) is 0.577. The summed E-state index contributed by atoms with van der Waals surface area (Å²) in [4.78, 5) is 21.9. The summed E-state index contributed by atoms with van der Waals surface area (Å²) in [6.45, 7) is 8.30. The van der Waals surface area contributed by atoms with Crippen LogP contribution in [0.3, 0.4) is 0 Å². The minimum atomic E-state index is -0.739. The van der Waals surface area contributed by atoms with E-state index in [0.717, 1.165) is 11.0 Å². The highest BCUT2D eigenvalue weighted by atomic mass is 15.5. The summed E-state index contributed by atoms with van der Waals surface area (Å²) in [7, 11) is 84.6. The maximum absolute atomic E-state index is 6.76. The smallest absolute Gasteiger partial charge is 0.240 e. The zero-order chi connectivity index (χ0) is 39.2. The summed E-state index contributed by atoms with van der Waals surface area (Å²) < 4.78 is 3.66. The van der Waals surface area contributed by atoms with E-state index in [1.54, 1.807) is 0 Å². The zero-order valence-electron chi connectivity index (χ0n) is 29.9. The topological polar surface area (TPSA) is 64.7 Å². The van der Waals surface area contributed by atoms with Crippen LogP contribution in [0.2, 0.25) is 0 Å². The molecule has 0 unspecified atom stereocenters. The zero-order valence-corrected chi connectivity index (χ0v) is 29.9. The number of para-hydroxylation sites is 2. The van der Waals surface area contributed by atoms with Crippen molar-refractivity contribution in [2.75, 3.05) is 4.90 Å². The minimum absolute atomic E-state index is 0.000333. The SMILES string of the molecule is [B]c1c([B])c([B])c(-c2nc(N3c4nc5ccccc5n4C(C)(C)C3(C)C)nc(-n3c4c([B])c([B])c([B])c([B])c4c4c([B])c([B])c([B])c([B])c43)n2)c([B])c1[B]. The molecular formula is C34H16B13N7. The predicted octanol–water partition coefficient (Wildman–Crippen LogP) is -8.03. The van der Waals surface area contributed by atoms with Gasteiger partial charge in [-0.2, -0.15) is 15.0 Å². The highest BCUT2D eigenvalue weighted by Crippen LogP contribution is 2.50. The van der Waals surface area contributed by atoms with Gasteiger partial charge < -0.3 is 4.57 Å². The third kappa shape index (κ3) is 4.54. The summed E-state index contributed by atoms with van der Waals surface area (Å²) in [5.41, 5.74) is 1.06. The lowest BCUT2D eigenvalue weighted by molar-refractivity contribution is 0.251. The molecular weight excluding hydrogens is 647 g/mol. The molecule has 0 saturated carbocycles. The summed E-state index contributed by atoms with van der Waals surface area (Å²) in [6.07, 6.45) is 0. The predicted molar refractivity (Wildman–Crippen MR) is 235 cm³/mol. The van der Waals surface area contributed by atoms with Gasteiger partial charge in [-0.3, -0.25) is 9.47 Å².